The van der Waals surface area contributed by atoms with Gasteiger partial charge in [-0.1, -0.05) is 39.0 Å². The van der Waals surface area contributed by atoms with Crippen molar-refractivity contribution in [1.29, 1.82) is 0 Å². The summed E-state index contributed by atoms with van der Waals surface area (Å²) in [6.45, 7) is 3.87. The number of carbonyl (C=O) groups is 1. The predicted molar refractivity (Wildman–Crippen MR) is 79.0 cm³/mol. The smallest absolute Gasteiger partial charge is 0.234 e. The fourth-order valence-corrected chi connectivity index (χ4v) is 3.45. The van der Waals surface area contributed by atoms with Crippen LogP contribution in [0.1, 0.15) is 64.7 Å². The van der Waals surface area contributed by atoms with E-state index in [1.54, 1.807) is 0 Å². The Bertz CT molecular complexity index is 266. The second-order valence-corrected chi connectivity index (χ2v) is 6.66. The third kappa shape index (κ3) is 5.52. The second kappa shape index (κ2) is 7.88. The van der Waals surface area contributed by atoms with Crippen LogP contribution in [0, 0.1) is 11.8 Å². The molecule has 3 heteroatoms. The first-order valence-electron chi connectivity index (χ1n) is 8.24. The summed E-state index contributed by atoms with van der Waals surface area (Å²) >= 11 is 0. The normalized spacial score (nSPS) is 29.1. The molecule has 2 aliphatic rings. The van der Waals surface area contributed by atoms with E-state index in [1.165, 1.54) is 57.8 Å². The third-order valence-corrected chi connectivity index (χ3v) is 4.82. The molecule has 0 unspecified atom stereocenters. The van der Waals surface area contributed by atoms with Crippen molar-refractivity contribution in [3.63, 3.8) is 0 Å². The molecular formula is C16H30N2O. The van der Waals surface area contributed by atoms with Crippen LogP contribution in [0.25, 0.3) is 0 Å². The molecule has 2 N–H and O–H groups in total. The minimum Gasteiger partial charge on any atom is -0.352 e. The van der Waals surface area contributed by atoms with E-state index in [-0.39, 0.29) is 5.91 Å². The first-order valence-corrected chi connectivity index (χ1v) is 8.24. The van der Waals surface area contributed by atoms with Crippen LogP contribution in [0.4, 0.5) is 0 Å². The molecule has 2 aliphatic carbocycles. The van der Waals surface area contributed by atoms with E-state index in [0.29, 0.717) is 12.6 Å². The van der Waals surface area contributed by atoms with Crippen LogP contribution in [-0.4, -0.2) is 25.0 Å². The van der Waals surface area contributed by atoms with E-state index < -0.39 is 0 Å². The lowest BCUT2D eigenvalue weighted by Crippen LogP contribution is -2.42. The van der Waals surface area contributed by atoms with Crippen LogP contribution in [0.15, 0.2) is 0 Å². The third-order valence-electron chi connectivity index (χ3n) is 4.82. The highest BCUT2D eigenvalue weighted by Gasteiger charge is 2.19. The van der Waals surface area contributed by atoms with Gasteiger partial charge in [0.15, 0.2) is 0 Å². The zero-order chi connectivity index (χ0) is 13.5. The summed E-state index contributed by atoms with van der Waals surface area (Å²) in [5, 5.41) is 6.51. The van der Waals surface area contributed by atoms with Crippen LogP contribution >= 0.6 is 0 Å². The molecular weight excluding hydrogens is 236 g/mol. The second-order valence-electron chi connectivity index (χ2n) is 6.66. The van der Waals surface area contributed by atoms with Crippen molar-refractivity contribution >= 4 is 5.91 Å². The van der Waals surface area contributed by atoms with Gasteiger partial charge in [0.2, 0.25) is 5.91 Å². The molecule has 110 valence electrons. The van der Waals surface area contributed by atoms with Crippen molar-refractivity contribution in [1.82, 2.24) is 10.6 Å². The van der Waals surface area contributed by atoms with Gasteiger partial charge in [-0.2, -0.15) is 0 Å². The quantitative estimate of drug-likeness (QED) is 0.803. The Balaban J connectivity index is 1.53. The number of amides is 1. The largest absolute Gasteiger partial charge is 0.352 e. The summed E-state index contributed by atoms with van der Waals surface area (Å²) in [6, 6.07) is 0.443. The highest BCUT2D eigenvalue weighted by molar-refractivity contribution is 5.78. The molecule has 0 bridgehead atoms. The monoisotopic (exact) mass is 266 g/mol. The zero-order valence-electron chi connectivity index (χ0n) is 12.4. The Morgan fingerprint density at radius 3 is 2.37 bits per heavy atom. The number of nitrogens with one attached hydrogen (secondary N) is 2. The Kier molecular flexibility index (Phi) is 6.15. The molecule has 0 aromatic heterocycles. The van der Waals surface area contributed by atoms with Crippen LogP contribution < -0.4 is 10.6 Å². The van der Waals surface area contributed by atoms with E-state index in [9.17, 15) is 4.79 Å². The average Bonchev–Trinajstić information content (AvgIpc) is 2.42. The number of carbonyl (C=O) groups excluding carboxylic acids is 1. The minimum atomic E-state index is 0.191. The maximum Gasteiger partial charge on any atom is 0.234 e. The summed E-state index contributed by atoms with van der Waals surface area (Å²) in [5.74, 6) is 1.89. The molecule has 3 nitrogen and oxygen atoms in total. The van der Waals surface area contributed by atoms with E-state index in [0.717, 1.165) is 18.4 Å². The molecule has 0 spiro atoms. The van der Waals surface area contributed by atoms with Gasteiger partial charge in [0.1, 0.15) is 0 Å². The van der Waals surface area contributed by atoms with Crippen LogP contribution in [0.2, 0.25) is 0 Å². The summed E-state index contributed by atoms with van der Waals surface area (Å²) in [5.41, 5.74) is 0. The molecule has 0 aromatic carbocycles. The molecule has 0 atom stereocenters. The van der Waals surface area contributed by atoms with E-state index in [4.69, 9.17) is 0 Å². The topological polar surface area (TPSA) is 41.1 Å². The van der Waals surface area contributed by atoms with Gasteiger partial charge in [-0.05, 0) is 44.1 Å². The number of hydrogen-bond donors (Lipinski definition) is 2. The molecule has 1 amide bonds. The van der Waals surface area contributed by atoms with Crippen molar-refractivity contribution in [2.24, 2.45) is 11.8 Å². The van der Waals surface area contributed by atoms with Gasteiger partial charge in [-0.15, -0.1) is 0 Å². The molecule has 0 aromatic rings. The highest BCUT2D eigenvalue weighted by Crippen LogP contribution is 2.27. The molecule has 0 saturated heterocycles. The van der Waals surface area contributed by atoms with Gasteiger partial charge in [0.25, 0.3) is 0 Å². The van der Waals surface area contributed by atoms with Crippen molar-refractivity contribution in [2.75, 3.05) is 13.1 Å². The minimum absolute atomic E-state index is 0.191. The number of hydrogen-bond acceptors (Lipinski definition) is 2. The van der Waals surface area contributed by atoms with Crippen molar-refractivity contribution < 1.29 is 4.79 Å². The Labute approximate surface area is 117 Å². The summed E-state index contributed by atoms with van der Waals surface area (Å²) in [7, 11) is 0. The SMILES string of the molecule is CC1CCC(CNCC(=O)NC2CCCCC2)CC1. The molecule has 0 heterocycles. The molecule has 2 rings (SSSR count). The van der Waals surface area contributed by atoms with Gasteiger partial charge in [0, 0.05) is 6.04 Å². The van der Waals surface area contributed by atoms with E-state index in [1.807, 2.05) is 0 Å². The van der Waals surface area contributed by atoms with Crippen LogP contribution in [-0.2, 0) is 4.79 Å². The molecule has 19 heavy (non-hydrogen) atoms. The lowest BCUT2D eigenvalue weighted by atomic mass is 9.83. The highest BCUT2D eigenvalue weighted by atomic mass is 16.1. The zero-order valence-corrected chi connectivity index (χ0v) is 12.4. The van der Waals surface area contributed by atoms with Gasteiger partial charge < -0.3 is 10.6 Å². The number of rotatable bonds is 5. The maximum atomic E-state index is 11.8. The standard InChI is InChI=1S/C16H30N2O/c1-13-7-9-14(10-8-13)11-17-12-16(19)18-15-5-3-2-4-6-15/h13-15,17H,2-12H2,1H3,(H,18,19). The van der Waals surface area contributed by atoms with Crippen LogP contribution in [0.5, 0.6) is 0 Å². The van der Waals surface area contributed by atoms with Crippen molar-refractivity contribution in [3.8, 4) is 0 Å². The van der Waals surface area contributed by atoms with Gasteiger partial charge in [0.05, 0.1) is 6.54 Å². The summed E-state index contributed by atoms with van der Waals surface area (Å²) < 4.78 is 0. The summed E-state index contributed by atoms with van der Waals surface area (Å²) in [6.07, 6.45) is 11.6. The lowest BCUT2D eigenvalue weighted by Gasteiger charge is -2.26. The Morgan fingerprint density at radius 2 is 1.68 bits per heavy atom. The van der Waals surface area contributed by atoms with E-state index >= 15 is 0 Å². The Morgan fingerprint density at radius 1 is 1.00 bits per heavy atom. The predicted octanol–water partition coefficient (Wildman–Crippen LogP) is 2.85. The maximum absolute atomic E-state index is 11.8. The molecule has 2 saturated carbocycles. The molecule has 0 aliphatic heterocycles. The summed E-state index contributed by atoms with van der Waals surface area (Å²) in [4.78, 5) is 11.8. The van der Waals surface area contributed by atoms with Crippen molar-refractivity contribution in [2.45, 2.75) is 70.8 Å². The first kappa shape index (κ1) is 14.8. The first-order chi connectivity index (χ1) is 9.24. The molecule has 2 fully saturated rings. The van der Waals surface area contributed by atoms with E-state index in [2.05, 4.69) is 17.6 Å². The fourth-order valence-electron chi connectivity index (χ4n) is 3.45. The van der Waals surface area contributed by atoms with Gasteiger partial charge in [-0.3, -0.25) is 4.79 Å². The van der Waals surface area contributed by atoms with Gasteiger partial charge in [-0.25, -0.2) is 0 Å². The van der Waals surface area contributed by atoms with Crippen LogP contribution in [0.3, 0.4) is 0 Å². The molecule has 0 radical (unpaired) electrons. The lowest BCUT2D eigenvalue weighted by molar-refractivity contribution is -0.121. The average molecular weight is 266 g/mol. The Hall–Kier alpha value is -0.570. The van der Waals surface area contributed by atoms with Crippen molar-refractivity contribution in [3.05, 3.63) is 0 Å². The fraction of sp³-hybridized carbons (Fsp3) is 0.938. The van der Waals surface area contributed by atoms with Gasteiger partial charge >= 0.3 is 0 Å².